The van der Waals surface area contributed by atoms with E-state index in [1.165, 1.54) is 29.8 Å². The molecule has 1 unspecified atom stereocenters. The number of amides is 1. The Balaban J connectivity index is 1.57. The number of halogens is 1. The van der Waals surface area contributed by atoms with Crippen molar-refractivity contribution in [3.63, 3.8) is 0 Å². The number of rotatable bonds is 7. The lowest BCUT2D eigenvalue weighted by Gasteiger charge is -2.19. The quantitative estimate of drug-likeness (QED) is 0.468. The fourth-order valence-corrected chi connectivity index (χ4v) is 3.66. The summed E-state index contributed by atoms with van der Waals surface area (Å²) in [6.07, 6.45) is 0.346. The molecule has 4 aromatic rings. The number of nitrogens with zero attached hydrogens (tertiary/aromatic N) is 2. The molecule has 0 bridgehead atoms. The average molecular weight is 434 g/mol. The van der Waals surface area contributed by atoms with Crippen LogP contribution in [0.25, 0.3) is 5.65 Å². The third kappa shape index (κ3) is 4.69. The van der Waals surface area contributed by atoms with Gasteiger partial charge in [-0.1, -0.05) is 36.4 Å². The highest BCUT2D eigenvalue weighted by atomic mass is 19.1. The van der Waals surface area contributed by atoms with E-state index in [9.17, 15) is 14.0 Å². The molecule has 2 heterocycles. The largest absolute Gasteiger partial charge is 0.494 e. The number of hydrogen-bond acceptors (Lipinski definition) is 4. The van der Waals surface area contributed by atoms with Crippen LogP contribution in [0.5, 0.6) is 5.75 Å². The molecule has 2 N–H and O–H groups in total. The lowest BCUT2D eigenvalue weighted by Crippen LogP contribution is -2.32. The highest BCUT2D eigenvalue weighted by Gasteiger charge is 2.18. The topological polar surface area (TPSA) is 88.5 Å². The number of nitrogens with one attached hydrogen (secondary N) is 2. The summed E-state index contributed by atoms with van der Waals surface area (Å²) in [6.45, 7) is 1.85. The van der Waals surface area contributed by atoms with E-state index in [0.717, 1.165) is 11.3 Å². The van der Waals surface area contributed by atoms with Gasteiger partial charge in [-0.15, -0.1) is 0 Å². The second kappa shape index (κ2) is 9.05. The fraction of sp³-hybridized carbons (Fsp3) is 0.208. The average Bonchev–Trinajstić information content (AvgIpc) is 3.15. The van der Waals surface area contributed by atoms with E-state index in [-0.39, 0.29) is 23.6 Å². The minimum absolute atomic E-state index is 0.0103. The Morgan fingerprint density at radius 2 is 1.97 bits per heavy atom. The van der Waals surface area contributed by atoms with Crippen molar-refractivity contribution in [2.24, 2.45) is 0 Å². The Labute approximate surface area is 183 Å². The highest BCUT2D eigenvalue weighted by Crippen LogP contribution is 2.20. The maximum Gasteiger partial charge on any atom is 0.272 e. The predicted molar refractivity (Wildman–Crippen MR) is 118 cm³/mol. The Kier molecular flexibility index (Phi) is 6.02. The van der Waals surface area contributed by atoms with Gasteiger partial charge in [0.15, 0.2) is 17.2 Å². The monoisotopic (exact) mass is 434 g/mol. The Bertz CT molecular complexity index is 1310. The van der Waals surface area contributed by atoms with Crippen LogP contribution in [0.4, 0.5) is 4.39 Å². The van der Waals surface area contributed by atoms with E-state index in [1.54, 1.807) is 12.1 Å². The lowest BCUT2D eigenvalue weighted by molar-refractivity contribution is -0.121. The molecule has 0 spiro atoms. The van der Waals surface area contributed by atoms with Crippen molar-refractivity contribution in [1.82, 2.24) is 19.9 Å². The molecule has 0 radical (unpaired) electrons. The first-order valence-corrected chi connectivity index (χ1v) is 10.2. The first kappa shape index (κ1) is 21.3. The van der Waals surface area contributed by atoms with Crippen LogP contribution in [0.15, 0.2) is 65.5 Å². The number of fused-ring (bicyclic) bond motifs is 1. The van der Waals surface area contributed by atoms with Gasteiger partial charge in [0, 0.05) is 24.2 Å². The van der Waals surface area contributed by atoms with Crippen molar-refractivity contribution >= 4 is 11.6 Å². The molecule has 0 aliphatic rings. The van der Waals surface area contributed by atoms with Crippen molar-refractivity contribution in [1.29, 1.82) is 0 Å². The van der Waals surface area contributed by atoms with Gasteiger partial charge in [0.25, 0.3) is 5.56 Å². The number of ether oxygens (including phenoxy) is 1. The molecule has 8 heteroatoms. The zero-order valence-corrected chi connectivity index (χ0v) is 17.8. The summed E-state index contributed by atoms with van der Waals surface area (Å²) in [5.41, 5.74) is 3.12. The molecule has 1 amide bonds. The van der Waals surface area contributed by atoms with Gasteiger partial charge in [0.1, 0.15) is 0 Å². The molecule has 4 rings (SSSR count). The Morgan fingerprint density at radius 3 is 2.69 bits per heavy atom. The third-order valence-electron chi connectivity index (χ3n) is 5.16. The number of carbonyl (C=O) groups excluding carboxylic acids is 1. The van der Waals surface area contributed by atoms with Gasteiger partial charge >= 0.3 is 0 Å². The summed E-state index contributed by atoms with van der Waals surface area (Å²) in [6, 6.07) is 16.8. The van der Waals surface area contributed by atoms with Gasteiger partial charge < -0.3 is 10.1 Å². The van der Waals surface area contributed by atoms with Crippen molar-refractivity contribution in [2.75, 3.05) is 7.11 Å². The molecule has 0 saturated heterocycles. The number of methoxy groups -OCH3 is 1. The summed E-state index contributed by atoms with van der Waals surface area (Å²) in [5.74, 6) is -0.653. The van der Waals surface area contributed by atoms with Crippen LogP contribution in [-0.2, 0) is 17.6 Å². The predicted octanol–water partition coefficient (Wildman–Crippen LogP) is 3.12. The van der Waals surface area contributed by atoms with Crippen LogP contribution in [0.2, 0.25) is 0 Å². The van der Waals surface area contributed by atoms with Gasteiger partial charge in [-0.3, -0.25) is 14.7 Å². The molecule has 7 nitrogen and oxygen atoms in total. The summed E-state index contributed by atoms with van der Waals surface area (Å²) in [7, 11) is 1.39. The number of hydrogen-bond donors (Lipinski definition) is 2. The van der Waals surface area contributed by atoms with Crippen LogP contribution in [0, 0.1) is 12.7 Å². The molecule has 164 valence electrons. The number of aromatic amines is 1. The molecule has 2 aromatic heterocycles. The highest BCUT2D eigenvalue weighted by molar-refractivity contribution is 5.79. The van der Waals surface area contributed by atoms with Gasteiger partial charge in [-0.25, -0.2) is 13.9 Å². The first-order valence-electron chi connectivity index (χ1n) is 10.2. The SMILES string of the molecule is COc1ccc(CC(=O)NC(Cc2cc(=O)n3[nH]c(C)cc3n2)c2ccccc2)cc1F. The molecule has 0 aliphatic heterocycles. The number of benzene rings is 2. The minimum atomic E-state index is -0.516. The van der Waals surface area contributed by atoms with Crippen LogP contribution in [0.3, 0.4) is 0 Å². The standard InChI is InChI=1S/C24H23FN4O3/c1-15-10-22-26-18(14-24(31)29(22)28-15)13-20(17-6-4-3-5-7-17)27-23(30)12-16-8-9-21(32-2)19(25)11-16/h3-11,14,20,28H,12-13H2,1-2H3,(H,27,30). The molecule has 32 heavy (non-hydrogen) atoms. The summed E-state index contributed by atoms with van der Waals surface area (Å²) < 4.78 is 20.3. The molecule has 1 atom stereocenters. The minimum Gasteiger partial charge on any atom is -0.494 e. The van der Waals surface area contributed by atoms with E-state index < -0.39 is 11.9 Å². The van der Waals surface area contributed by atoms with E-state index in [2.05, 4.69) is 15.4 Å². The normalized spacial score (nSPS) is 12.0. The Morgan fingerprint density at radius 1 is 1.19 bits per heavy atom. The van der Waals surface area contributed by atoms with E-state index in [1.807, 2.05) is 37.3 Å². The van der Waals surface area contributed by atoms with Crippen molar-refractivity contribution < 1.29 is 13.9 Å². The molecule has 0 fully saturated rings. The van der Waals surface area contributed by atoms with E-state index in [4.69, 9.17) is 4.74 Å². The summed E-state index contributed by atoms with van der Waals surface area (Å²) >= 11 is 0. The first-order chi connectivity index (χ1) is 15.4. The van der Waals surface area contributed by atoms with Crippen molar-refractivity contribution in [3.05, 3.63) is 99.3 Å². The number of aryl methyl sites for hydroxylation is 1. The van der Waals surface area contributed by atoms with Crippen LogP contribution >= 0.6 is 0 Å². The summed E-state index contributed by atoms with van der Waals surface area (Å²) in [4.78, 5) is 29.8. The van der Waals surface area contributed by atoms with Gasteiger partial charge in [-0.05, 0) is 30.2 Å². The molecule has 0 saturated carbocycles. The van der Waals surface area contributed by atoms with E-state index >= 15 is 0 Å². The zero-order valence-electron chi connectivity index (χ0n) is 17.8. The molecule has 0 aliphatic carbocycles. The third-order valence-corrected chi connectivity index (χ3v) is 5.16. The zero-order chi connectivity index (χ0) is 22.7. The number of aromatic nitrogens is 3. The van der Waals surface area contributed by atoms with Gasteiger partial charge in [0.2, 0.25) is 5.91 Å². The molecule has 2 aromatic carbocycles. The van der Waals surface area contributed by atoms with Crippen molar-refractivity contribution in [2.45, 2.75) is 25.8 Å². The molecular weight excluding hydrogens is 411 g/mol. The van der Waals surface area contributed by atoms with Crippen molar-refractivity contribution in [3.8, 4) is 5.75 Å². The van der Waals surface area contributed by atoms with Crippen LogP contribution < -0.4 is 15.6 Å². The maximum absolute atomic E-state index is 14.0. The fourth-order valence-electron chi connectivity index (χ4n) is 3.66. The van der Waals surface area contributed by atoms with E-state index in [0.29, 0.717) is 23.3 Å². The smallest absolute Gasteiger partial charge is 0.272 e. The maximum atomic E-state index is 14.0. The second-order valence-corrected chi connectivity index (χ2v) is 7.60. The van der Waals surface area contributed by atoms with Gasteiger partial charge in [-0.2, -0.15) is 0 Å². The Hall–Kier alpha value is -3.94. The van der Waals surface area contributed by atoms with Gasteiger partial charge in [0.05, 0.1) is 25.3 Å². The number of H-pyrrole nitrogens is 1. The summed E-state index contributed by atoms with van der Waals surface area (Å²) in [5, 5.41) is 5.95. The lowest BCUT2D eigenvalue weighted by atomic mass is 10.0. The number of carbonyl (C=O) groups is 1. The van der Waals surface area contributed by atoms with Crippen LogP contribution in [-0.4, -0.2) is 27.6 Å². The van der Waals surface area contributed by atoms with Crippen LogP contribution in [0.1, 0.15) is 28.6 Å². The molecular formula is C24H23FN4O3. The second-order valence-electron chi connectivity index (χ2n) is 7.60.